The van der Waals surface area contributed by atoms with E-state index in [0.717, 1.165) is 22.7 Å². The molecule has 0 amide bonds. The Bertz CT molecular complexity index is 3140. The molecular formula is C52H35N3. The van der Waals surface area contributed by atoms with Crippen LogP contribution in [0, 0.1) is 0 Å². The second-order valence-electron chi connectivity index (χ2n) is 14.2. The zero-order valence-corrected chi connectivity index (χ0v) is 30.0. The van der Waals surface area contributed by atoms with Gasteiger partial charge >= 0.3 is 0 Å². The molecule has 0 saturated carbocycles. The first-order valence-corrected chi connectivity index (χ1v) is 18.9. The summed E-state index contributed by atoms with van der Waals surface area (Å²) in [4.78, 5) is 2.39. The molecule has 0 aliphatic carbocycles. The molecule has 258 valence electrons. The van der Waals surface area contributed by atoms with Crippen LogP contribution in [0.3, 0.4) is 0 Å². The number of aromatic nitrogens is 2. The van der Waals surface area contributed by atoms with Gasteiger partial charge in [0.25, 0.3) is 0 Å². The van der Waals surface area contributed by atoms with Crippen LogP contribution < -0.4 is 4.90 Å². The SMILES string of the molecule is c1ccc(N(c2ccc(-n3c4ccccc4c4ccccc43)cc2)c2cccc3c(-c4ccc5c(c4)c4ccccc4n5-c4ccccc4)cccc23)cc1. The summed E-state index contributed by atoms with van der Waals surface area (Å²) in [6, 6.07) is 76.8. The summed E-state index contributed by atoms with van der Waals surface area (Å²) in [5.74, 6) is 0. The lowest BCUT2D eigenvalue weighted by atomic mass is 9.95. The van der Waals surface area contributed by atoms with Crippen LogP contribution in [0.1, 0.15) is 0 Å². The lowest BCUT2D eigenvalue weighted by Gasteiger charge is -2.27. The van der Waals surface area contributed by atoms with E-state index >= 15 is 0 Å². The molecular weight excluding hydrogens is 667 g/mol. The molecule has 0 spiro atoms. The Labute approximate surface area is 319 Å². The average molecular weight is 702 g/mol. The Morgan fingerprint density at radius 3 is 1.42 bits per heavy atom. The number of fused-ring (bicyclic) bond motifs is 7. The first-order chi connectivity index (χ1) is 27.3. The summed E-state index contributed by atoms with van der Waals surface area (Å²) >= 11 is 0. The van der Waals surface area contributed by atoms with Crippen LogP contribution in [0.25, 0.3) is 76.9 Å². The number of rotatable bonds is 6. The molecule has 2 heterocycles. The third-order valence-electron chi connectivity index (χ3n) is 11.1. The van der Waals surface area contributed by atoms with Crippen molar-refractivity contribution in [2.24, 2.45) is 0 Å². The minimum atomic E-state index is 1.10. The Morgan fingerprint density at radius 2 is 0.764 bits per heavy atom. The van der Waals surface area contributed by atoms with E-state index in [4.69, 9.17) is 0 Å². The minimum absolute atomic E-state index is 1.10. The van der Waals surface area contributed by atoms with Crippen molar-refractivity contribution in [2.45, 2.75) is 0 Å². The normalized spacial score (nSPS) is 11.6. The number of hydrogen-bond acceptors (Lipinski definition) is 1. The molecule has 0 saturated heterocycles. The molecule has 0 bridgehead atoms. The highest BCUT2D eigenvalue weighted by molar-refractivity contribution is 6.13. The zero-order valence-electron chi connectivity index (χ0n) is 30.0. The predicted octanol–water partition coefficient (Wildman–Crippen LogP) is 14.2. The molecule has 0 N–H and O–H groups in total. The number of benzene rings is 9. The third-order valence-corrected chi connectivity index (χ3v) is 11.1. The third kappa shape index (κ3) is 4.98. The molecule has 3 nitrogen and oxygen atoms in total. The van der Waals surface area contributed by atoms with E-state index < -0.39 is 0 Å². The fourth-order valence-corrected chi connectivity index (χ4v) is 8.69. The molecule has 0 radical (unpaired) electrons. The summed E-state index contributed by atoms with van der Waals surface area (Å²) < 4.78 is 4.75. The van der Waals surface area contributed by atoms with Crippen LogP contribution in [0.15, 0.2) is 212 Å². The summed E-state index contributed by atoms with van der Waals surface area (Å²) in [6.45, 7) is 0. The van der Waals surface area contributed by atoms with E-state index in [9.17, 15) is 0 Å². The first kappa shape index (κ1) is 31.2. The lowest BCUT2D eigenvalue weighted by Crippen LogP contribution is -2.10. The highest BCUT2D eigenvalue weighted by Gasteiger charge is 2.19. The van der Waals surface area contributed by atoms with Crippen molar-refractivity contribution in [1.82, 2.24) is 9.13 Å². The van der Waals surface area contributed by atoms with Gasteiger partial charge < -0.3 is 14.0 Å². The summed E-state index contributed by atoms with van der Waals surface area (Å²) in [6.07, 6.45) is 0. The van der Waals surface area contributed by atoms with Crippen molar-refractivity contribution in [3.63, 3.8) is 0 Å². The van der Waals surface area contributed by atoms with Crippen molar-refractivity contribution in [3.05, 3.63) is 212 Å². The van der Waals surface area contributed by atoms with Crippen LogP contribution in [-0.2, 0) is 0 Å². The molecule has 11 rings (SSSR count). The number of hydrogen-bond donors (Lipinski definition) is 0. The Morgan fingerprint density at radius 1 is 0.291 bits per heavy atom. The first-order valence-electron chi connectivity index (χ1n) is 18.9. The van der Waals surface area contributed by atoms with Gasteiger partial charge in [-0.1, -0.05) is 127 Å². The molecule has 3 heteroatoms. The standard InChI is InChI=1S/C52H35N3/c1-3-15-37(16-4-1)53(39-30-32-40(33-31-39)55-49-25-10-7-19-44(49)45-20-8-11-26-50(45)55)48-28-14-23-42-41(22-13-24-43(42)48)36-29-34-52-47(35-36)46-21-9-12-27-51(46)54(52)38-17-5-2-6-18-38/h1-35H. The molecule has 0 atom stereocenters. The Kier molecular flexibility index (Phi) is 7.17. The second kappa shape index (κ2) is 12.6. The molecule has 0 aliphatic rings. The van der Waals surface area contributed by atoms with Crippen LogP contribution in [0.2, 0.25) is 0 Å². The van der Waals surface area contributed by atoms with Gasteiger partial charge in [-0.2, -0.15) is 0 Å². The summed E-state index contributed by atoms with van der Waals surface area (Å²) in [5, 5.41) is 7.45. The maximum atomic E-state index is 2.39. The van der Waals surface area contributed by atoms with Gasteiger partial charge in [-0.05, 0) is 101 Å². The van der Waals surface area contributed by atoms with Crippen molar-refractivity contribution >= 4 is 71.4 Å². The maximum Gasteiger partial charge on any atom is 0.0541 e. The highest BCUT2D eigenvalue weighted by Crippen LogP contribution is 2.43. The zero-order chi connectivity index (χ0) is 36.3. The molecule has 0 unspecified atom stereocenters. The van der Waals surface area contributed by atoms with Gasteiger partial charge in [-0.25, -0.2) is 0 Å². The molecule has 0 aliphatic heterocycles. The topological polar surface area (TPSA) is 13.1 Å². The Hall–Kier alpha value is -7.36. The van der Waals surface area contributed by atoms with Gasteiger partial charge in [0.1, 0.15) is 0 Å². The van der Waals surface area contributed by atoms with E-state index in [0.29, 0.717) is 0 Å². The maximum absolute atomic E-state index is 2.39. The number of para-hydroxylation sites is 5. The quantitative estimate of drug-likeness (QED) is 0.168. The Balaban J connectivity index is 1.06. The van der Waals surface area contributed by atoms with Crippen molar-refractivity contribution in [3.8, 4) is 22.5 Å². The van der Waals surface area contributed by atoms with E-state index in [1.807, 2.05) is 0 Å². The average Bonchev–Trinajstić information content (AvgIpc) is 3.77. The smallest absolute Gasteiger partial charge is 0.0541 e. The lowest BCUT2D eigenvalue weighted by molar-refractivity contribution is 1.17. The van der Waals surface area contributed by atoms with Crippen LogP contribution in [-0.4, -0.2) is 9.13 Å². The minimum Gasteiger partial charge on any atom is -0.310 e. The van der Waals surface area contributed by atoms with E-state index in [1.165, 1.54) is 71.2 Å². The van der Waals surface area contributed by atoms with Crippen LogP contribution in [0.5, 0.6) is 0 Å². The van der Waals surface area contributed by atoms with Crippen LogP contribution >= 0.6 is 0 Å². The van der Waals surface area contributed by atoms with Gasteiger partial charge in [-0.3, -0.25) is 0 Å². The van der Waals surface area contributed by atoms with Gasteiger partial charge in [-0.15, -0.1) is 0 Å². The van der Waals surface area contributed by atoms with Gasteiger partial charge in [0.2, 0.25) is 0 Å². The molecule has 9 aromatic carbocycles. The van der Waals surface area contributed by atoms with E-state index in [-0.39, 0.29) is 0 Å². The van der Waals surface area contributed by atoms with Gasteiger partial charge in [0.15, 0.2) is 0 Å². The number of nitrogens with zero attached hydrogens (tertiary/aromatic N) is 3. The summed E-state index contributed by atoms with van der Waals surface area (Å²) in [5.41, 5.74) is 12.9. The van der Waals surface area contributed by atoms with E-state index in [1.54, 1.807) is 0 Å². The van der Waals surface area contributed by atoms with E-state index in [2.05, 4.69) is 226 Å². The van der Waals surface area contributed by atoms with Gasteiger partial charge in [0, 0.05) is 49.7 Å². The van der Waals surface area contributed by atoms with Crippen molar-refractivity contribution in [2.75, 3.05) is 4.90 Å². The van der Waals surface area contributed by atoms with Crippen LogP contribution in [0.4, 0.5) is 17.1 Å². The summed E-state index contributed by atoms with van der Waals surface area (Å²) in [7, 11) is 0. The molecule has 0 fully saturated rings. The van der Waals surface area contributed by atoms with Crippen molar-refractivity contribution < 1.29 is 0 Å². The van der Waals surface area contributed by atoms with Gasteiger partial charge in [0.05, 0.1) is 27.8 Å². The largest absolute Gasteiger partial charge is 0.310 e. The molecule has 55 heavy (non-hydrogen) atoms. The highest BCUT2D eigenvalue weighted by atomic mass is 15.1. The predicted molar refractivity (Wildman–Crippen MR) is 233 cm³/mol. The second-order valence-corrected chi connectivity index (χ2v) is 14.2. The monoisotopic (exact) mass is 701 g/mol. The molecule has 11 aromatic rings. The molecule has 2 aromatic heterocycles. The fraction of sp³-hybridized carbons (Fsp3) is 0. The van der Waals surface area contributed by atoms with Crippen molar-refractivity contribution in [1.29, 1.82) is 0 Å². The fourth-order valence-electron chi connectivity index (χ4n) is 8.69. The number of anilines is 3.